The van der Waals surface area contributed by atoms with E-state index in [2.05, 4.69) is 32.0 Å². The van der Waals surface area contributed by atoms with Crippen LogP contribution in [0.15, 0.2) is 23.1 Å². The average Bonchev–Trinajstić information content (AvgIpc) is 2.88. The highest BCUT2D eigenvalue weighted by Crippen LogP contribution is 2.25. The van der Waals surface area contributed by atoms with Gasteiger partial charge in [0.1, 0.15) is 0 Å². The SMILES string of the molecule is Cc1ccc(C)c(SCC(=O)N2CCC(CCO)C2)c1. The minimum Gasteiger partial charge on any atom is -0.396 e. The van der Waals surface area contributed by atoms with E-state index in [1.165, 1.54) is 16.0 Å². The van der Waals surface area contributed by atoms with Gasteiger partial charge in [-0.1, -0.05) is 17.7 Å². The average molecular weight is 293 g/mol. The highest BCUT2D eigenvalue weighted by molar-refractivity contribution is 8.00. The fourth-order valence-corrected chi connectivity index (χ4v) is 3.60. The molecule has 20 heavy (non-hydrogen) atoms. The van der Waals surface area contributed by atoms with E-state index < -0.39 is 0 Å². The normalized spacial score (nSPS) is 18.6. The maximum Gasteiger partial charge on any atom is 0.232 e. The molecule has 1 amide bonds. The van der Waals surface area contributed by atoms with E-state index in [9.17, 15) is 4.79 Å². The summed E-state index contributed by atoms with van der Waals surface area (Å²) in [7, 11) is 0. The Balaban J connectivity index is 1.85. The van der Waals surface area contributed by atoms with Crippen LogP contribution in [0.3, 0.4) is 0 Å². The Morgan fingerprint density at radius 3 is 3.00 bits per heavy atom. The highest BCUT2D eigenvalue weighted by atomic mass is 32.2. The van der Waals surface area contributed by atoms with Gasteiger partial charge in [0.15, 0.2) is 0 Å². The number of aliphatic hydroxyl groups is 1. The molecule has 0 bridgehead atoms. The van der Waals surface area contributed by atoms with E-state index in [-0.39, 0.29) is 12.5 Å². The number of thioether (sulfide) groups is 1. The number of rotatable bonds is 5. The lowest BCUT2D eigenvalue weighted by atomic mass is 10.1. The van der Waals surface area contributed by atoms with E-state index in [1.54, 1.807) is 11.8 Å². The van der Waals surface area contributed by atoms with Crippen LogP contribution in [0.5, 0.6) is 0 Å². The molecule has 1 saturated heterocycles. The monoisotopic (exact) mass is 293 g/mol. The predicted octanol–water partition coefficient (Wildman–Crippen LogP) is 2.63. The van der Waals surface area contributed by atoms with Gasteiger partial charge in [-0.05, 0) is 44.2 Å². The van der Waals surface area contributed by atoms with Gasteiger partial charge in [0, 0.05) is 24.6 Å². The summed E-state index contributed by atoms with van der Waals surface area (Å²) in [4.78, 5) is 15.3. The Labute approximate surface area is 125 Å². The van der Waals surface area contributed by atoms with Crippen LogP contribution in [-0.2, 0) is 4.79 Å². The molecule has 0 radical (unpaired) electrons. The first-order valence-corrected chi connectivity index (χ1v) is 8.17. The Kier molecular flexibility index (Phi) is 5.49. The molecule has 1 atom stereocenters. The third kappa shape index (κ3) is 4.00. The summed E-state index contributed by atoms with van der Waals surface area (Å²) in [6.45, 7) is 6.04. The smallest absolute Gasteiger partial charge is 0.232 e. The molecule has 1 aliphatic rings. The van der Waals surface area contributed by atoms with Crippen LogP contribution in [0.2, 0.25) is 0 Å². The molecular weight excluding hydrogens is 270 g/mol. The second-order valence-electron chi connectivity index (χ2n) is 5.56. The molecule has 1 aromatic rings. The van der Waals surface area contributed by atoms with Gasteiger partial charge in [0.25, 0.3) is 0 Å². The summed E-state index contributed by atoms with van der Waals surface area (Å²) >= 11 is 1.63. The van der Waals surface area contributed by atoms with Crippen LogP contribution in [0, 0.1) is 19.8 Å². The lowest BCUT2D eigenvalue weighted by Gasteiger charge is -2.16. The second-order valence-corrected chi connectivity index (χ2v) is 6.58. The third-order valence-corrected chi connectivity index (χ3v) is 5.01. The summed E-state index contributed by atoms with van der Waals surface area (Å²) in [5.41, 5.74) is 2.46. The maximum absolute atomic E-state index is 12.2. The van der Waals surface area contributed by atoms with Gasteiger partial charge in [-0.25, -0.2) is 0 Å². The zero-order valence-corrected chi connectivity index (χ0v) is 13.1. The number of benzene rings is 1. The number of likely N-dealkylation sites (tertiary alicyclic amines) is 1. The quantitative estimate of drug-likeness (QED) is 0.848. The van der Waals surface area contributed by atoms with Crippen LogP contribution < -0.4 is 0 Å². The van der Waals surface area contributed by atoms with Gasteiger partial charge in [-0.15, -0.1) is 11.8 Å². The lowest BCUT2D eigenvalue weighted by molar-refractivity contribution is -0.127. The van der Waals surface area contributed by atoms with Crippen molar-refractivity contribution in [3.8, 4) is 0 Å². The molecule has 0 aromatic heterocycles. The van der Waals surface area contributed by atoms with E-state index in [4.69, 9.17) is 5.11 Å². The molecular formula is C16H23NO2S. The number of carbonyl (C=O) groups is 1. The largest absolute Gasteiger partial charge is 0.396 e. The molecule has 110 valence electrons. The van der Waals surface area contributed by atoms with E-state index in [1.807, 2.05) is 4.90 Å². The van der Waals surface area contributed by atoms with Crippen LogP contribution in [0.1, 0.15) is 24.0 Å². The van der Waals surface area contributed by atoms with Gasteiger partial charge >= 0.3 is 0 Å². The molecule has 0 aliphatic carbocycles. The third-order valence-electron chi connectivity index (χ3n) is 3.87. The van der Waals surface area contributed by atoms with Crippen LogP contribution in [0.4, 0.5) is 0 Å². The number of nitrogens with zero attached hydrogens (tertiary/aromatic N) is 1. The van der Waals surface area contributed by atoms with Crippen LogP contribution >= 0.6 is 11.8 Å². The summed E-state index contributed by atoms with van der Waals surface area (Å²) in [5.74, 6) is 1.21. The van der Waals surface area contributed by atoms with E-state index in [0.29, 0.717) is 11.7 Å². The van der Waals surface area contributed by atoms with Crippen molar-refractivity contribution in [2.45, 2.75) is 31.6 Å². The number of aryl methyl sites for hydroxylation is 2. The molecule has 1 fully saturated rings. The second kappa shape index (κ2) is 7.14. The molecule has 1 unspecified atom stereocenters. The highest BCUT2D eigenvalue weighted by Gasteiger charge is 2.25. The molecule has 0 spiro atoms. The fourth-order valence-electron chi connectivity index (χ4n) is 2.57. The van der Waals surface area contributed by atoms with Crippen molar-refractivity contribution >= 4 is 17.7 Å². The van der Waals surface area contributed by atoms with Crippen molar-refractivity contribution in [3.63, 3.8) is 0 Å². The number of aliphatic hydroxyl groups excluding tert-OH is 1. The van der Waals surface area contributed by atoms with Crippen molar-refractivity contribution < 1.29 is 9.90 Å². The topological polar surface area (TPSA) is 40.5 Å². The first-order chi connectivity index (χ1) is 9.60. The zero-order valence-electron chi connectivity index (χ0n) is 12.3. The minimum absolute atomic E-state index is 0.219. The molecule has 1 aliphatic heterocycles. The molecule has 4 heteroatoms. The van der Waals surface area contributed by atoms with Gasteiger partial charge < -0.3 is 10.0 Å². The van der Waals surface area contributed by atoms with Crippen molar-refractivity contribution in [3.05, 3.63) is 29.3 Å². The summed E-state index contributed by atoms with van der Waals surface area (Å²) < 4.78 is 0. The molecule has 1 heterocycles. The molecule has 1 N–H and O–H groups in total. The predicted molar refractivity (Wildman–Crippen MR) is 83.0 cm³/mol. The number of carbonyl (C=O) groups excluding carboxylic acids is 1. The van der Waals surface area contributed by atoms with E-state index in [0.717, 1.165) is 25.9 Å². The Morgan fingerprint density at radius 2 is 2.25 bits per heavy atom. The molecule has 3 nitrogen and oxygen atoms in total. The maximum atomic E-state index is 12.2. The summed E-state index contributed by atoms with van der Waals surface area (Å²) in [6, 6.07) is 6.35. The van der Waals surface area contributed by atoms with Crippen molar-refractivity contribution in [2.24, 2.45) is 5.92 Å². The number of amides is 1. The minimum atomic E-state index is 0.219. The first kappa shape index (κ1) is 15.4. The van der Waals surface area contributed by atoms with E-state index >= 15 is 0 Å². The summed E-state index contributed by atoms with van der Waals surface area (Å²) in [6.07, 6.45) is 1.84. The van der Waals surface area contributed by atoms with Crippen LogP contribution in [-0.4, -0.2) is 41.4 Å². The first-order valence-electron chi connectivity index (χ1n) is 7.19. The molecule has 0 saturated carbocycles. The van der Waals surface area contributed by atoms with Crippen molar-refractivity contribution in [1.82, 2.24) is 4.90 Å². The van der Waals surface area contributed by atoms with Gasteiger partial charge in [0.05, 0.1) is 5.75 Å². The van der Waals surface area contributed by atoms with Gasteiger partial charge in [-0.2, -0.15) is 0 Å². The Morgan fingerprint density at radius 1 is 1.45 bits per heavy atom. The standard InChI is InChI=1S/C16H23NO2S/c1-12-3-4-13(2)15(9-12)20-11-16(19)17-7-5-14(10-17)6-8-18/h3-4,9,14,18H,5-8,10-11H2,1-2H3. The van der Waals surface area contributed by atoms with Gasteiger partial charge in [-0.3, -0.25) is 4.79 Å². The number of hydrogen-bond acceptors (Lipinski definition) is 3. The van der Waals surface area contributed by atoms with Crippen molar-refractivity contribution in [2.75, 3.05) is 25.4 Å². The zero-order chi connectivity index (χ0) is 14.5. The molecule has 2 rings (SSSR count). The van der Waals surface area contributed by atoms with Crippen LogP contribution in [0.25, 0.3) is 0 Å². The van der Waals surface area contributed by atoms with Crippen molar-refractivity contribution in [1.29, 1.82) is 0 Å². The lowest BCUT2D eigenvalue weighted by Crippen LogP contribution is -2.30. The molecule has 1 aromatic carbocycles. The number of hydrogen-bond donors (Lipinski definition) is 1. The Bertz CT molecular complexity index is 476. The Hall–Kier alpha value is -1.00. The summed E-state index contributed by atoms with van der Waals surface area (Å²) in [5, 5.41) is 8.95. The van der Waals surface area contributed by atoms with Gasteiger partial charge in [0.2, 0.25) is 5.91 Å². The fraction of sp³-hybridized carbons (Fsp3) is 0.562.